The topological polar surface area (TPSA) is 41.8 Å². The molecular weight excluding hydrogens is 184 g/mol. The average molecular weight is 202 g/mol. The molecule has 0 bridgehead atoms. The minimum atomic E-state index is 0.217. The van der Waals surface area contributed by atoms with E-state index < -0.39 is 0 Å². The van der Waals surface area contributed by atoms with Gasteiger partial charge in [0.2, 0.25) is 0 Å². The van der Waals surface area contributed by atoms with Crippen LogP contribution in [0.25, 0.3) is 10.9 Å². The highest BCUT2D eigenvalue weighted by Gasteiger charge is 2.10. The molecule has 0 saturated carbocycles. The summed E-state index contributed by atoms with van der Waals surface area (Å²) in [5, 5.41) is 1.33. The van der Waals surface area contributed by atoms with Crippen molar-refractivity contribution in [2.24, 2.45) is 5.73 Å². The Labute approximate surface area is 90.5 Å². The first-order valence-corrected chi connectivity index (χ1v) is 5.56. The second-order valence-corrected chi connectivity index (χ2v) is 4.16. The Hall–Kier alpha value is -1.28. The fourth-order valence-corrected chi connectivity index (χ4v) is 2.11. The van der Waals surface area contributed by atoms with Crippen molar-refractivity contribution in [1.29, 1.82) is 0 Å². The van der Waals surface area contributed by atoms with Crippen LogP contribution in [0.15, 0.2) is 24.3 Å². The molecule has 1 heterocycles. The zero-order chi connectivity index (χ0) is 10.8. The standard InChI is InChI=1S/C13H18N2/c1-3-12-11(8-9(2)14)10-6-4-5-7-13(10)15-12/h4-7,9,15H,3,8,14H2,1-2H3. The number of aromatic nitrogens is 1. The van der Waals surface area contributed by atoms with Crippen LogP contribution in [0, 0.1) is 0 Å². The smallest absolute Gasteiger partial charge is 0.0458 e. The molecule has 2 nitrogen and oxygen atoms in total. The van der Waals surface area contributed by atoms with Crippen LogP contribution in [0.4, 0.5) is 0 Å². The highest BCUT2D eigenvalue weighted by atomic mass is 14.7. The summed E-state index contributed by atoms with van der Waals surface area (Å²) in [6.45, 7) is 4.23. The van der Waals surface area contributed by atoms with Gasteiger partial charge in [-0.3, -0.25) is 0 Å². The lowest BCUT2D eigenvalue weighted by molar-refractivity contribution is 0.734. The number of fused-ring (bicyclic) bond motifs is 1. The van der Waals surface area contributed by atoms with Crippen LogP contribution >= 0.6 is 0 Å². The van der Waals surface area contributed by atoms with Gasteiger partial charge in [0, 0.05) is 22.6 Å². The van der Waals surface area contributed by atoms with Gasteiger partial charge in [-0.1, -0.05) is 25.1 Å². The molecule has 0 amide bonds. The minimum Gasteiger partial charge on any atom is -0.358 e. The molecule has 0 fully saturated rings. The second-order valence-electron chi connectivity index (χ2n) is 4.16. The summed E-state index contributed by atoms with van der Waals surface area (Å²) in [5.74, 6) is 0. The summed E-state index contributed by atoms with van der Waals surface area (Å²) in [4.78, 5) is 3.46. The molecule has 1 unspecified atom stereocenters. The van der Waals surface area contributed by atoms with Gasteiger partial charge in [0.15, 0.2) is 0 Å². The predicted octanol–water partition coefficient (Wildman–Crippen LogP) is 2.62. The first-order valence-electron chi connectivity index (χ1n) is 5.56. The number of aryl methyl sites for hydroxylation is 1. The predicted molar refractivity (Wildman–Crippen MR) is 65.0 cm³/mol. The molecule has 15 heavy (non-hydrogen) atoms. The van der Waals surface area contributed by atoms with Crippen LogP contribution in [-0.2, 0) is 12.8 Å². The van der Waals surface area contributed by atoms with Crippen molar-refractivity contribution in [2.45, 2.75) is 32.7 Å². The van der Waals surface area contributed by atoms with Crippen LogP contribution in [0.2, 0.25) is 0 Å². The van der Waals surface area contributed by atoms with Gasteiger partial charge in [-0.2, -0.15) is 0 Å². The summed E-state index contributed by atoms with van der Waals surface area (Å²) in [5.41, 5.74) is 9.83. The quantitative estimate of drug-likeness (QED) is 0.789. The highest BCUT2D eigenvalue weighted by Crippen LogP contribution is 2.23. The van der Waals surface area contributed by atoms with Gasteiger partial charge in [0.1, 0.15) is 0 Å². The molecule has 0 aliphatic heterocycles. The van der Waals surface area contributed by atoms with Crippen molar-refractivity contribution in [3.63, 3.8) is 0 Å². The molecule has 0 spiro atoms. The maximum absolute atomic E-state index is 5.88. The first kappa shape index (κ1) is 10.2. The molecule has 2 aromatic rings. The molecule has 1 aromatic heterocycles. The fourth-order valence-electron chi connectivity index (χ4n) is 2.11. The van der Waals surface area contributed by atoms with Crippen LogP contribution in [0.5, 0.6) is 0 Å². The van der Waals surface area contributed by atoms with E-state index in [-0.39, 0.29) is 6.04 Å². The Morgan fingerprint density at radius 3 is 2.73 bits per heavy atom. The molecule has 80 valence electrons. The van der Waals surface area contributed by atoms with Crippen LogP contribution < -0.4 is 5.73 Å². The lowest BCUT2D eigenvalue weighted by Crippen LogP contribution is -2.18. The van der Waals surface area contributed by atoms with E-state index >= 15 is 0 Å². The van der Waals surface area contributed by atoms with E-state index in [2.05, 4.69) is 43.1 Å². The SMILES string of the molecule is CCc1[nH]c2ccccc2c1CC(C)N. The molecule has 1 atom stereocenters. The normalized spacial score (nSPS) is 13.3. The molecule has 3 N–H and O–H groups in total. The Kier molecular flexibility index (Phi) is 2.78. The Morgan fingerprint density at radius 1 is 1.33 bits per heavy atom. The van der Waals surface area contributed by atoms with Crippen molar-refractivity contribution in [3.8, 4) is 0 Å². The lowest BCUT2D eigenvalue weighted by atomic mass is 10.0. The van der Waals surface area contributed by atoms with E-state index in [1.807, 2.05) is 0 Å². The number of nitrogens with two attached hydrogens (primary N) is 1. The number of H-pyrrole nitrogens is 1. The number of hydrogen-bond acceptors (Lipinski definition) is 1. The molecule has 1 aromatic carbocycles. The number of hydrogen-bond donors (Lipinski definition) is 2. The zero-order valence-electron chi connectivity index (χ0n) is 9.38. The maximum atomic E-state index is 5.88. The number of aromatic amines is 1. The monoisotopic (exact) mass is 202 g/mol. The Morgan fingerprint density at radius 2 is 2.07 bits per heavy atom. The van der Waals surface area contributed by atoms with Crippen LogP contribution in [0.3, 0.4) is 0 Å². The highest BCUT2D eigenvalue weighted by molar-refractivity contribution is 5.84. The van der Waals surface area contributed by atoms with E-state index in [1.165, 1.54) is 22.2 Å². The van der Waals surface area contributed by atoms with E-state index in [1.54, 1.807) is 0 Å². The molecule has 2 rings (SSSR count). The van der Waals surface area contributed by atoms with Crippen LogP contribution in [0.1, 0.15) is 25.1 Å². The van der Waals surface area contributed by atoms with Gasteiger partial charge >= 0.3 is 0 Å². The van der Waals surface area contributed by atoms with E-state index in [9.17, 15) is 0 Å². The number of para-hydroxylation sites is 1. The summed E-state index contributed by atoms with van der Waals surface area (Å²) in [6.07, 6.45) is 1.99. The molecule has 0 saturated heterocycles. The van der Waals surface area contributed by atoms with E-state index in [4.69, 9.17) is 5.73 Å². The minimum absolute atomic E-state index is 0.217. The fraction of sp³-hybridized carbons (Fsp3) is 0.385. The average Bonchev–Trinajstić information content (AvgIpc) is 2.56. The molecule has 2 heteroatoms. The van der Waals surface area contributed by atoms with E-state index in [0.29, 0.717) is 0 Å². The summed E-state index contributed by atoms with van der Waals surface area (Å²) >= 11 is 0. The molecule has 0 aliphatic rings. The lowest BCUT2D eigenvalue weighted by Gasteiger charge is -2.06. The van der Waals surface area contributed by atoms with Gasteiger partial charge in [0.25, 0.3) is 0 Å². The van der Waals surface area contributed by atoms with Crippen molar-refractivity contribution in [2.75, 3.05) is 0 Å². The van der Waals surface area contributed by atoms with Crippen LogP contribution in [-0.4, -0.2) is 11.0 Å². The number of nitrogens with one attached hydrogen (secondary N) is 1. The van der Waals surface area contributed by atoms with Crippen molar-refractivity contribution >= 4 is 10.9 Å². The Bertz CT molecular complexity index is 455. The van der Waals surface area contributed by atoms with E-state index in [0.717, 1.165) is 12.8 Å². The third kappa shape index (κ3) is 1.90. The number of rotatable bonds is 3. The van der Waals surface area contributed by atoms with Crippen molar-refractivity contribution < 1.29 is 0 Å². The van der Waals surface area contributed by atoms with Gasteiger partial charge in [-0.15, -0.1) is 0 Å². The van der Waals surface area contributed by atoms with Gasteiger partial charge in [-0.25, -0.2) is 0 Å². The molecular formula is C13H18N2. The third-order valence-electron chi connectivity index (χ3n) is 2.78. The third-order valence-corrected chi connectivity index (χ3v) is 2.78. The molecule has 0 radical (unpaired) electrons. The first-order chi connectivity index (χ1) is 7.22. The maximum Gasteiger partial charge on any atom is 0.0458 e. The van der Waals surface area contributed by atoms with Gasteiger partial charge in [-0.05, 0) is 31.4 Å². The number of benzene rings is 1. The van der Waals surface area contributed by atoms with Gasteiger partial charge < -0.3 is 10.7 Å². The Balaban J connectivity index is 2.56. The zero-order valence-corrected chi connectivity index (χ0v) is 9.38. The summed E-state index contributed by atoms with van der Waals surface area (Å²) < 4.78 is 0. The summed E-state index contributed by atoms with van der Waals surface area (Å²) in [7, 11) is 0. The van der Waals surface area contributed by atoms with Crippen molar-refractivity contribution in [1.82, 2.24) is 4.98 Å². The van der Waals surface area contributed by atoms with Gasteiger partial charge in [0.05, 0.1) is 0 Å². The van der Waals surface area contributed by atoms with Crippen molar-refractivity contribution in [3.05, 3.63) is 35.5 Å². The molecule has 0 aliphatic carbocycles. The summed E-state index contributed by atoms with van der Waals surface area (Å²) in [6, 6.07) is 8.66. The largest absolute Gasteiger partial charge is 0.358 e. The second kappa shape index (κ2) is 4.07.